The van der Waals surface area contributed by atoms with Gasteiger partial charge in [0.25, 0.3) is 0 Å². The minimum Gasteiger partial charge on any atom is -0.497 e. The van der Waals surface area contributed by atoms with Crippen LogP contribution in [0.1, 0.15) is 6.92 Å². The van der Waals surface area contributed by atoms with Crippen LogP contribution >= 0.6 is 0 Å². The van der Waals surface area contributed by atoms with E-state index in [1.54, 1.807) is 11.7 Å². The highest BCUT2D eigenvalue weighted by molar-refractivity contribution is 5.90. The Morgan fingerprint density at radius 3 is 2.74 bits per heavy atom. The van der Waals surface area contributed by atoms with Crippen LogP contribution in [0.2, 0.25) is 0 Å². The largest absolute Gasteiger partial charge is 0.497 e. The van der Waals surface area contributed by atoms with Crippen molar-refractivity contribution in [3.63, 3.8) is 0 Å². The number of nitrogens with zero attached hydrogens (tertiary/aromatic N) is 2. The molecule has 0 saturated heterocycles. The molecule has 0 aliphatic carbocycles. The fraction of sp³-hybridized carbons (Fsp3) is 0.190. The molecule has 0 aliphatic rings. The quantitative estimate of drug-likeness (QED) is 0.571. The molecular formula is C21H21N3O3. The van der Waals surface area contributed by atoms with Gasteiger partial charge in [-0.05, 0) is 41.8 Å². The van der Waals surface area contributed by atoms with Gasteiger partial charge in [0.05, 0.1) is 18.3 Å². The number of benzene rings is 2. The van der Waals surface area contributed by atoms with E-state index in [0.29, 0.717) is 18.8 Å². The second kappa shape index (κ2) is 6.72. The lowest BCUT2D eigenvalue weighted by molar-refractivity contribution is -0.118. The smallest absolute Gasteiger partial charge is 0.216 e. The van der Waals surface area contributed by atoms with Crippen LogP contribution in [0.5, 0.6) is 11.6 Å². The van der Waals surface area contributed by atoms with Gasteiger partial charge in [-0.2, -0.15) is 0 Å². The number of amides is 1. The van der Waals surface area contributed by atoms with Gasteiger partial charge < -0.3 is 19.7 Å². The summed E-state index contributed by atoms with van der Waals surface area (Å²) in [6.07, 6.45) is 3.92. The molecule has 27 heavy (non-hydrogen) atoms. The van der Waals surface area contributed by atoms with Gasteiger partial charge >= 0.3 is 0 Å². The van der Waals surface area contributed by atoms with Crippen molar-refractivity contribution in [2.45, 2.75) is 13.5 Å². The Morgan fingerprint density at radius 2 is 1.96 bits per heavy atom. The summed E-state index contributed by atoms with van der Waals surface area (Å²) in [5.41, 5.74) is 1.92. The van der Waals surface area contributed by atoms with Gasteiger partial charge in [0.1, 0.15) is 5.75 Å². The number of carbonyl (C=O) groups is 1. The maximum absolute atomic E-state index is 11.1. The van der Waals surface area contributed by atoms with E-state index in [1.165, 1.54) is 6.92 Å². The predicted molar refractivity (Wildman–Crippen MR) is 106 cm³/mol. The van der Waals surface area contributed by atoms with Crippen molar-refractivity contribution >= 4 is 27.6 Å². The molecule has 0 radical (unpaired) electrons. The topological polar surface area (TPSA) is 68.4 Å². The van der Waals surface area contributed by atoms with Crippen molar-refractivity contribution in [3.8, 4) is 17.3 Å². The van der Waals surface area contributed by atoms with Crippen LogP contribution in [0, 0.1) is 0 Å². The first-order chi connectivity index (χ1) is 13.1. The Morgan fingerprint density at radius 1 is 1.15 bits per heavy atom. The molecule has 0 saturated carbocycles. The number of methoxy groups -OCH3 is 1. The average Bonchev–Trinajstić information content (AvgIpc) is 3.22. The van der Waals surface area contributed by atoms with Gasteiger partial charge in [-0.25, -0.2) is 0 Å². The van der Waals surface area contributed by atoms with Crippen molar-refractivity contribution in [2.75, 3.05) is 13.7 Å². The van der Waals surface area contributed by atoms with E-state index >= 15 is 0 Å². The van der Waals surface area contributed by atoms with Crippen LogP contribution in [0.25, 0.3) is 27.4 Å². The molecule has 6 nitrogen and oxygen atoms in total. The highest BCUT2D eigenvalue weighted by atomic mass is 16.5. The van der Waals surface area contributed by atoms with Crippen LogP contribution in [-0.2, 0) is 11.3 Å². The van der Waals surface area contributed by atoms with Crippen LogP contribution < -0.4 is 10.1 Å². The number of rotatable bonds is 5. The minimum atomic E-state index is -0.0356. The Hall–Kier alpha value is -3.41. The summed E-state index contributed by atoms with van der Waals surface area (Å²) in [6, 6.07) is 13.7. The zero-order valence-corrected chi connectivity index (χ0v) is 15.3. The maximum atomic E-state index is 11.1. The number of ether oxygens (including phenoxy) is 1. The lowest BCUT2D eigenvalue weighted by Gasteiger charge is -2.09. The molecule has 2 aromatic heterocycles. The molecule has 0 bridgehead atoms. The second-order valence-electron chi connectivity index (χ2n) is 6.51. The summed E-state index contributed by atoms with van der Waals surface area (Å²) in [4.78, 5) is 11.1. The van der Waals surface area contributed by atoms with Crippen molar-refractivity contribution in [2.24, 2.45) is 0 Å². The van der Waals surface area contributed by atoms with E-state index < -0.39 is 0 Å². The Labute approximate surface area is 156 Å². The molecule has 1 amide bonds. The molecule has 138 valence electrons. The van der Waals surface area contributed by atoms with Gasteiger partial charge in [-0.15, -0.1) is 0 Å². The summed E-state index contributed by atoms with van der Waals surface area (Å²) < 4.78 is 9.12. The molecule has 4 rings (SSSR count). The molecule has 0 atom stereocenters. The summed E-state index contributed by atoms with van der Waals surface area (Å²) in [7, 11) is 1.61. The van der Waals surface area contributed by atoms with Gasteiger partial charge in [-0.3, -0.25) is 9.36 Å². The maximum Gasteiger partial charge on any atom is 0.216 e. The summed E-state index contributed by atoms with van der Waals surface area (Å²) in [5.74, 6) is 0.851. The minimum absolute atomic E-state index is 0.0356. The van der Waals surface area contributed by atoms with Gasteiger partial charge in [-0.1, -0.05) is 6.07 Å². The Bertz CT molecular complexity index is 1140. The van der Waals surface area contributed by atoms with Gasteiger partial charge in [0, 0.05) is 43.2 Å². The first-order valence-electron chi connectivity index (χ1n) is 8.78. The van der Waals surface area contributed by atoms with E-state index in [9.17, 15) is 9.90 Å². The molecule has 2 aromatic carbocycles. The third-order valence-electron chi connectivity index (χ3n) is 4.76. The fourth-order valence-electron chi connectivity index (χ4n) is 3.36. The molecule has 0 unspecified atom stereocenters. The van der Waals surface area contributed by atoms with Crippen molar-refractivity contribution < 1.29 is 14.6 Å². The molecule has 2 N–H and O–H groups in total. The normalized spacial score (nSPS) is 11.2. The number of aromatic nitrogens is 2. The lowest BCUT2D eigenvalue weighted by atomic mass is 10.2. The first kappa shape index (κ1) is 17.0. The lowest BCUT2D eigenvalue weighted by Crippen LogP contribution is -2.24. The molecular weight excluding hydrogens is 342 g/mol. The standard InChI is InChI=1S/C21H21N3O3/c1-14(25)22-8-10-23-9-7-15-3-5-17(11-20(15)23)24-13-16-4-6-18(27-2)12-19(16)21(24)26/h3-7,9,11-13,26H,8,10H2,1-2H3,(H,22,25). The van der Waals surface area contributed by atoms with Crippen LogP contribution in [0.3, 0.4) is 0 Å². The third-order valence-corrected chi connectivity index (χ3v) is 4.76. The summed E-state index contributed by atoms with van der Waals surface area (Å²) in [5, 5.41) is 16.3. The van der Waals surface area contributed by atoms with E-state index in [2.05, 4.69) is 9.88 Å². The summed E-state index contributed by atoms with van der Waals surface area (Å²) >= 11 is 0. The molecule has 0 spiro atoms. The van der Waals surface area contributed by atoms with Gasteiger partial charge in [0.15, 0.2) is 0 Å². The molecule has 6 heteroatoms. The average molecular weight is 363 g/mol. The highest BCUT2D eigenvalue weighted by Crippen LogP contribution is 2.33. The van der Waals surface area contributed by atoms with E-state index in [1.807, 2.05) is 54.9 Å². The first-order valence-corrected chi connectivity index (χ1v) is 8.78. The zero-order chi connectivity index (χ0) is 19.0. The fourth-order valence-corrected chi connectivity index (χ4v) is 3.36. The zero-order valence-electron chi connectivity index (χ0n) is 15.3. The number of hydrogen-bond donors (Lipinski definition) is 2. The van der Waals surface area contributed by atoms with Crippen LogP contribution in [0.4, 0.5) is 0 Å². The van der Waals surface area contributed by atoms with Crippen LogP contribution in [0.15, 0.2) is 54.9 Å². The second-order valence-corrected chi connectivity index (χ2v) is 6.51. The number of fused-ring (bicyclic) bond motifs is 2. The molecule has 4 aromatic rings. The van der Waals surface area contributed by atoms with Crippen molar-refractivity contribution in [1.29, 1.82) is 0 Å². The number of aromatic hydroxyl groups is 1. The molecule has 0 fully saturated rings. The number of nitrogens with one attached hydrogen (secondary N) is 1. The van der Waals surface area contributed by atoms with E-state index in [4.69, 9.17) is 4.74 Å². The van der Waals surface area contributed by atoms with Crippen molar-refractivity contribution in [1.82, 2.24) is 14.5 Å². The van der Waals surface area contributed by atoms with E-state index in [-0.39, 0.29) is 11.8 Å². The Balaban J connectivity index is 1.74. The third kappa shape index (κ3) is 3.10. The Kier molecular flexibility index (Phi) is 4.24. The number of carbonyl (C=O) groups excluding carboxylic acids is 1. The monoisotopic (exact) mass is 363 g/mol. The number of hydrogen-bond acceptors (Lipinski definition) is 3. The summed E-state index contributed by atoms with van der Waals surface area (Å²) in [6.45, 7) is 2.77. The van der Waals surface area contributed by atoms with Crippen LogP contribution in [-0.4, -0.2) is 33.8 Å². The van der Waals surface area contributed by atoms with Gasteiger partial charge in [0.2, 0.25) is 11.8 Å². The van der Waals surface area contributed by atoms with E-state index in [0.717, 1.165) is 27.4 Å². The highest BCUT2D eigenvalue weighted by Gasteiger charge is 2.12. The molecule has 2 heterocycles. The van der Waals surface area contributed by atoms with Crippen molar-refractivity contribution in [3.05, 3.63) is 54.9 Å². The predicted octanol–water partition coefficient (Wildman–Crippen LogP) is 3.44. The molecule has 0 aliphatic heterocycles. The SMILES string of the molecule is COc1ccc2cn(-c3ccc4ccn(CCNC(C)=O)c4c3)c(O)c2c1.